The number of benzene rings is 1. The topological polar surface area (TPSA) is 153 Å². The fraction of sp³-hybridized carbons (Fsp3) is 0.345. The van der Waals surface area contributed by atoms with Crippen molar-refractivity contribution in [1.29, 1.82) is 0 Å². The standard InChI is InChI=1S/C29H27F3N8O3/c1-2-3-21(41)38-27-9-11-28(15-27,12-10-27)40-24-22(23(33)35-16-36-24)39(26(40)43)19-6-4-17(5-7-19)25(42)37-20-14-18(8-13-34-20)29(30,31)32/h4-8,13-14,16,21,38,41H,9-12,15H2,1H3,(H2,33,35,36)(H,34,37,42). The summed E-state index contributed by atoms with van der Waals surface area (Å²) in [5.41, 5.74) is 5.25. The highest BCUT2D eigenvalue weighted by Gasteiger charge is 2.57. The number of carbonyl (C=O) groups is 1. The van der Waals surface area contributed by atoms with E-state index in [0.717, 1.165) is 31.2 Å². The third-order valence-electron chi connectivity index (χ3n) is 8.37. The maximum absolute atomic E-state index is 14.1. The van der Waals surface area contributed by atoms with E-state index in [1.54, 1.807) is 23.6 Å². The van der Waals surface area contributed by atoms with E-state index < -0.39 is 29.4 Å². The summed E-state index contributed by atoms with van der Waals surface area (Å²) in [6.45, 7) is 1.65. The zero-order chi connectivity index (χ0) is 30.6. The summed E-state index contributed by atoms with van der Waals surface area (Å²) in [5.74, 6) is 4.60. The molecule has 222 valence electrons. The van der Waals surface area contributed by atoms with Gasteiger partial charge in [0.1, 0.15) is 17.7 Å². The van der Waals surface area contributed by atoms with Gasteiger partial charge in [-0.3, -0.25) is 19.2 Å². The van der Waals surface area contributed by atoms with Gasteiger partial charge in [0.15, 0.2) is 17.7 Å². The molecule has 1 unspecified atom stereocenters. The Bertz CT molecular complexity index is 1850. The number of anilines is 2. The number of pyridine rings is 1. The molecule has 2 fully saturated rings. The number of aliphatic hydroxyl groups excluding tert-OH is 1. The second kappa shape index (κ2) is 10.2. The van der Waals surface area contributed by atoms with Crippen molar-refractivity contribution in [2.75, 3.05) is 11.1 Å². The number of hydrogen-bond acceptors (Lipinski definition) is 8. The number of halogens is 3. The molecule has 1 aromatic carbocycles. The first kappa shape index (κ1) is 28.4. The van der Waals surface area contributed by atoms with Gasteiger partial charge >= 0.3 is 11.9 Å². The Morgan fingerprint density at radius 2 is 1.84 bits per heavy atom. The number of nitrogens with one attached hydrogen (secondary N) is 2. The predicted molar refractivity (Wildman–Crippen MR) is 151 cm³/mol. The fourth-order valence-corrected chi connectivity index (χ4v) is 6.48. The molecule has 2 bridgehead atoms. The van der Waals surface area contributed by atoms with E-state index in [-0.39, 0.29) is 28.4 Å². The van der Waals surface area contributed by atoms with Gasteiger partial charge in [-0.2, -0.15) is 13.2 Å². The quantitative estimate of drug-likeness (QED) is 0.197. The van der Waals surface area contributed by atoms with Crippen molar-refractivity contribution in [3.05, 3.63) is 70.5 Å². The SMILES string of the molecule is CC#CC(O)NC12CCC(n3c(=O)n(-c4ccc(C(=O)Nc5cc(C(F)(F)F)ccn5)cc4)c4c(N)ncnc43)(CC1)C2. The van der Waals surface area contributed by atoms with Gasteiger partial charge in [0.05, 0.1) is 16.8 Å². The van der Waals surface area contributed by atoms with Crippen molar-refractivity contribution in [2.24, 2.45) is 0 Å². The van der Waals surface area contributed by atoms with E-state index in [2.05, 4.69) is 37.4 Å². The van der Waals surface area contributed by atoms with Gasteiger partial charge < -0.3 is 16.2 Å². The van der Waals surface area contributed by atoms with Gasteiger partial charge in [-0.15, -0.1) is 5.92 Å². The molecular formula is C29H27F3N8O3. The number of nitrogen functional groups attached to an aromatic ring is 1. The number of fused-ring (bicyclic) bond motifs is 3. The summed E-state index contributed by atoms with van der Waals surface area (Å²) in [5, 5.41) is 15.9. The summed E-state index contributed by atoms with van der Waals surface area (Å²) >= 11 is 0. The van der Waals surface area contributed by atoms with Crippen LogP contribution in [0.4, 0.5) is 24.8 Å². The molecule has 6 rings (SSSR count). The molecule has 11 nitrogen and oxygen atoms in total. The lowest BCUT2D eigenvalue weighted by Gasteiger charge is -2.29. The van der Waals surface area contributed by atoms with Crippen LogP contribution < -0.4 is 22.1 Å². The van der Waals surface area contributed by atoms with E-state index in [4.69, 9.17) is 5.73 Å². The Morgan fingerprint density at radius 3 is 2.51 bits per heavy atom. The van der Waals surface area contributed by atoms with Crippen LogP contribution in [0.2, 0.25) is 0 Å². The minimum atomic E-state index is -4.58. The van der Waals surface area contributed by atoms with Crippen molar-refractivity contribution in [1.82, 2.24) is 29.4 Å². The van der Waals surface area contributed by atoms with Crippen LogP contribution in [0.15, 0.2) is 53.7 Å². The highest BCUT2D eigenvalue weighted by atomic mass is 19.4. The van der Waals surface area contributed by atoms with E-state index in [1.165, 1.54) is 23.0 Å². The van der Waals surface area contributed by atoms with Gasteiger partial charge in [0, 0.05) is 17.3 Å². The van der Waals surface area contributed by atoms with Crippen LogP contribution in [0.1, 0.15) is 54.9 Å². The van der Waals surface area contributed by atoms with E-state index in [9.17, 15) is 27.9 Å². The van der Waals surface area contributed by atoms with E-state index in [0.29, 0.717) is 36.1 Å². The lowest BCUT2D eigenvalue weighted by atomic mass is 9.91. The van der Waals surface area contributed by atoms with Crippen LogP contribution in [0.3, 0.4) is 0 Å². The zero-order valence-electron chi connectivity index (χ0n) is 22.9. The van der Waals surface area contributed by atoms with Crippen LogP contribution >= 0.6 is 0 Å². The minimum Gasteiger partial charge on any atom is -0.382 e. The number of hydrogen-bond donors (Lipinski definition) is 4. The van der Waals surface area contributed by atoms with Crippen LogP contribution in [0, 0.1) is 11.8 Å². The van der Waals surface area contributed by atoms with Crippen molar-refractivity contribution in [2.45, 2.75) is 62.5 Å². The summed E-state index contributed by atoms with van der Waals surface area (Å²) < 4.78 is 42.2. The molecule has 0 radical (unpaired) electrons. The van der Waals surface area contributed by atoms with Gasteiger partial charge in [-0.1, -0.05) is 5.92 Å². The number of amides is 1. The fourth-order valence-electron chi connectivity index (χ4n) is 6.48. The highest BCUT2D eigenvalue weighted by Crippen LogP contribution is 2.55. The molecule has 43 heavy (non-hydrogen) atoms. The Kier molecular flexibility index (Phi) is 6.74. The average Bonchev–Trinajstić information content (AvgIpc) is 3.61. The molecule has 0 saturated heterocycles. The lowest BCUT2D eigenvalue weighted by Crippen LogP contribution is -2.46. The lowest BCUT2D eigenvalue weighted by molar-refractivity contribution is -0.137. The summed E-state index contributed by atoms with van der Waals surface area (Å²) in [4.78, 5) is 39.3. The Morgan fingerprint density at radius 1 is 1.12 bits per heavy atom. The van der Waals surface area contributed by atoms with Crippen LogP contribution in [-0.4, -0.2) is 46.9 Å². The molecule has 14 heteroatoms. The predicted octanol–water partition coefficient (Wildman–Crippen LogP) is 3.17. The summed E-state index contributed by atoms with van der Waals surface area (Å²) in [6.07, 6.45) is 0.131. The van der Waals surface area contributed by atoms with E-state index >= 15 is 0 Å². The third-order valence-corrected chi connectivity index (χ3v) is 8.37. The first-order valence-electron chi connectivity index (χ1n) is 13.5. The Labute approximate surface area is 243 Å². The monoisotopic (exact) mass is 592 g/mol. The Hall–Kier alpha value is -4.74. The zero-order valence-corrected chi connectivity index (χ0v) is 22.9. The summed E-state index contributed by atoms with van der Waals surface area (Å²) in [7, 11) is 0. The number of imidazole rings is 1. The molecule has 1 atom stereocenters. The average molecular weight is 593 g/mol. The molecule has 2 aliphatic carbocycles. The maximum atomic E-state index is 14.1. The summed E-state index contributed by atoms with van der Waals surface area (Å²) in [6, 6.07) is 7.53. The molecule has 0 spiro atoms. The second-order valence-electron chi connectivity index (χ2n) is 10.9. The van der Waals surface area contributed by atoms with Gasteiger partial charge in [-0.25, -0.2) is 19.7 Å². The first-order chi connectivity index (χ1) is 20.5. The Balaban J connectivity index is 1.33. The van der Waals surface area contributed by atoms with Crippen LogP contribution in [-0.2, 0) is 11.7 Å². The first-order valence-corrected chi connectivity index (χ1v) is 13.5. The smallest absolute Gasteiger partial charge is 0.382 e. The van der Waals surface area contributed by atoms with Gasteiger partial charge in [0.2, 0.25) is 0 Å². The molecule has 2 aliphatic rings. The maximum Gasteiger partial charge on any atom is 0.416 e. The highest BCUT2D eigenvalue weighted by molar-refractivity contribution is 6.04. The van der Waals surface area contributed by atoms with E-state index in [1.807, 2.05) is 0 Å². The van der Waals surface area contributed by atoms with Gasteiger partial charge in [0.25, 0.3) is 5.91 Å². The van der Waals surface area contributed by atoms with Crippen molar-refractivity contribution < 1.29 is 23.1 Å². The second-order valence-corrected chi connectivity index (χ2v) is 10.9. The molecule has 4 aromatic rings. The molecule has 0 aliphatic heterocycles. The molecule has 5 N–H and O–H groups in total. The van der Waals surface area contributed by atoms with Crippen LogP contribution in [0.5, 0.6) is 0 Å². The number of aliphatic hydroxyl groups is 1. The molecule has 3 heterocycles. The largest absolute Gasteiger partial charge is 0.416 e. The van der Waals surface area contributed by atoms with Crippen molar-refractivity contribution in [3.63, 3.8) is 0 Å². The number of alkyl halides is 3. The van der Waals surface area contributed by atoms with Crippen LogP contribution in [0.25, 0.3) is 16.9 Å². The number of nitrogens with two attached hydrogens (primary N) is 1. The number of aromatic nitrogens is 5. The van der Waals surface area contributed by atoms with Crippen molar-refractivity contribution in [3.8, 4) is 17.5 Å². The number of nitrogens with zero attached hydrogens (tertiary/aromatic N) is 5. The van der Waals surface area contributed by atoms with Crippen molar-refractivity contribution >= 4 is 28.7 Å². The number of rotatable bonds is 6. The molecule has 2 saturated carbocycles. The van der Waals surface area contributed by atoms with Gasteiger partial charge in [-0.05, 0) is 75.4 Å². The normalized spacial score (nSPS) is 21.9. The molecule has 3 aromatic heterocycles. The number of carbonyl (C=O) groups excluding carboxylic acids is 1. The molecule has 1 amide bonds. The minimum absolute atomic E-state index is 0.101. The third kappa shape index (κ3) is 4.90. The molecular weight excluding hydrogens is 565 g/mol.